The molecule has 2 aliphatic heterocycles. The van der Waals surface area contributed by atoms with E-state index in [4.69, 9.17) is 22.3 Å². The molecule has 1 aliphatic carbocycles. The number of piperidine rings is 1. The van der Waals surface area contributed by atoms with Crippen LogP contribution in [0.4, 0.5) is 0 Å². The van der Waals surface area contributed by atoms with Crippen LogP contribution in [0.1, 0.15) is 48.3 Å². The summed E-state index contributed by atoms with van der Waals surface area (Å²) in [7, 11) is 0. The first-order valence-corrected chi connectivity index (χ1v) is 12.3. The highest BCUT2D eigenvalue weighted by molar-refractivity contribution is 6.30. The Morgan fingerprint density at radius 2 is 1.88 bits per heavy atom. The van der Waals surface area contributed by atoms with Gasteiger partial charge in [-0.1, -0.05) is 54.6 Å². The molecule has 2 unspecified atom stereocenters. The number of nitrogens with zero attached hydrogens (tertiary/aromatic N) is 3. The van der Waals surface area contributed by atoms with E-state index in [1.54, 1.807) is 0 Å². The van der Waals surface area contributed by atoms with E-state index in [0.29, 0.717) is 5.92 Å². The summed E-state index contributed by atoms with van der Waals surface area (Å²) in [6.07, 6.45) is 7.99. The summed E-state index contributed by atoms with van der Waals surface area (Å²) >= 11 is 6.15. The molecule has 0 amide bonds. The molecule has 2 aromatic carbocycles. The van der Waals surface area contributed by atoms with Gasteiger partial charge in [-0.05, 0) is 77.1 Å². The van der Waals surface area contributed by atoms with Crippen molar-refractivity contribution in [1.82, 2.24) is 4.90 Å². The second-order valence-electron chi connectivity index (χ2n) is 9.30. The average molecular weight is 459 g/mol. The van der Waals surface area contributed by atoms with Gasteiger partial charge in [-0.2, -0.15) is 0 Å². The number of aliphatic imine (C=N–C) groups is 2. The van der Waals surface area contributed by atoms with Crippen molar-refractivity contribution in [3.8, 4) is 0 Å². The van der Waals surface area contributed by atoms with Gasteiger partial charge < -0.3 is 5.73 Å². The molecule has 0 radical (unpaired) electrons. The number of halogens is 1. The highest BCUT2D eigenvalue weighted by atomic mass is 35.5. The van der Waals surface area contributed by atoms with Gasteiger partial charge >= 0.3 is 0 Å². The van der Waals surface area contributed by atoms with Crippen LogP contribution in [0.3, 0.4) is 0 Å². The van der Waals surface area contributed by atoms with Crippen molar-refractivity contribution in [2.24, 2.45) is 21.6 Å². The zero-order valence-electron chi connectivity index (χ0n) is 19.0. The minimum Gasteiger partial charge on any atom is -0.390 e. The third kappa shape index (κ3) is 4.42. The molecule has 1 saturated heterocycles. The van der Waals surface area contributed by atoms with Crippen LogP contribution in [0.15, 0.2) is 76.2 Å². The summed E-state index contributed by atoms with van der Waals surface area (Å²) in [4.78, 5) is 11.7. The van der Waals surface area contributed by atoms with Crippen molar-refractivity contribution >= 4 is 29.7 Å². The zero-order chi connectivity index (χ0) is 22.8. The molecule has 0 saturated carbocycles. The zero-order valence-corrected chi connectivity index (χ0v) is 19.7. The lowest BCUT2D eigenvalue weighted by Crippen LogP contribution is -2.43. The Morgan fingerprint density at radius 3 is 2.64 bits per heavy atom. The molecule has 4 nitrogen and oxygen atoms in total. The lowest BCUT2D eigenvalue weighted by molar-refractivity contribution is 0.152. The first kappa shape index (κ1) is 22.1. The fourth-order valence-corrected chi connectivity index (χ4v) is 5.76. The molecular formula is C28H31ClN4. The van der Waals surface area contributed by atoms with Crippen LogP contribution in [-0.2, 0) is 0 Å². The van der Waals surface area contributed by atoms with Gasteiger partial charge in [0.05, 0.1) is 6.34 Å². The topological polar surface area (TPSA) is 54.0 Å². The van der Waals surface area contributed by atoms with Gasteiger partial charge in [0.2, 0.25) is 0 Å². The summed E-state index contributed by atoms with van der Waals surface area (Å²) in [5.74, 6) is 1.02. The van der Waals surface area contributed by atoms with Crippen LogP contribution in [0, 0.1) is 5.92 Å². The standard InChI is InChI=1S/C28H31ClN4/c1-19-27-22(17-32-28(19)33-14-11-20(12-15-33)10-13-31-18-30)16-26(21-6-8-23(29)9-7-21)24-4-2-3-5-25(24)27/h2-9,17-18,20,26,28H,1,10-16H2,(H2,30,31). The van der Waals surface area contributed by atoms with E-state index in [1.165, 1.54) is 47.0 Å². The minimum absolute atomic E-state index is 0.0342. The van der Waals surface area contributed by atoms with Gasteiger partial charge in [-0.3, -0.25) is 14.9 Å². The number of hydrogen-bond acceptors (Lipinski definition) is 3. The molecule has 5 heteroatoms. The Kier molecular flexibility index (Phi) is 6.48. The van der Waals surface area contributed by atoms with E-state index in [2.05, 4.69) is 59.1 Å². The number of allylic oxidation sites excluding steroid dienone is 1. The number of dihydropyridines is 1. The fraction of sp³-hybridized carbons (Fsp3) is 0.357. The van der Waals surface area contributed by atoms with E-state index < -0.39 is 0 Å². The number of hydrogen-bond donors (Lipinski definition) is 1. The van der Waals surface area contributed by atoms with Crippen LogP contribution < -0.4 is 5.73 Å². The Balaban J connectivity index is 1.36. The maximum atomic E-state index is 6.15. The Bertz CT molecular complexity index is 1110. The van der Waals surface area contributed by atoms with Gasteiger partial charge in [-0.25, -0.2) is 0 Å². The summed E-state index contributed by atoms with van der Waals surface area (Å²) in [5.41, 5.74) is 13.1. The van der Waals surface area contributed by atoms with Crippen molar-refractivity contribution in [3.05, 3.63) is 88.0 Å². The monoisotopic (exact) mass is 458 g/mol. The Morgan fingerprint density at radius 1 is 1.12 bits per heavy atom. The van der Waals surface area contributed by atoms with Crippen LogP contribution >= 0.6 is 11.6 Å². The molecule has 3 aliphatic rings. The number of rotatable bonds is 5. The van der Waals surface area contributed by atoms with E-state index in [9.17, 15) is 0 Å². The van der Waals surface area contributed by atoms with Crippen molar-refractivity contribution < 1.29 is 0 Å². The predicted octanol–water partition coefficient (Wildman–Crippen LogP) is 5.69. The molecule has 1 fully saturated rings. The van der Waals surface area contributed by atoms with Gasteiger partial charge in [0.15, 0.2) is 0 Å². The maximum absolute atomic E-state index is 6.15. The number of benzene rings is 2. The smallest absolute Gasteiger partial charge is 0.128 e. The first-order valence-electron chi connectivity index (χ1n) is 11.9. The van der Waals surface area contributed by atoms with Crippen molar-refractivity contribution in [2.45, 2.75) is 37.8 Å². The van der Waals surface area contributed by atoms with Crippen LogP contribution in [-0.4, -0.2) is 43.3 Å². The molecule has 33 heavy (non-hydrogen) atoms. The maximum Gasteiger partial charge on any atom is 0.128 e. The summed E-state index contributed by atoms with van der Waals surface area (Å²) in [6.45, 7) is 7.51. The largest absolute Gasteiger partial charge is 0.390 e. The quantitative estimate of drug-likeness (QED) is 0.462. The molecule has 170 valence electrons. The second-order valence-corrected chi connectivity index (χ2v) is 9.73. The third-order valence-electron chi connectivity index (χ3n) is 7.39. The molecule has 2 heterocycles. The first-order chi connectivity index (χ1) is 16.2. The summed E-state index contributed by atoms with van der Waals surface area (Å²) in [6, 6.07) is 17.1. The number of likely N-dealkylation sites (tertiary alicyclic amines) is 1. The molecule has 5 rings (SSSR count). The van der Waals surface area contributed by atoms with Gasteiger partial charge in [0.25, 0.3) is 0 Å². The average Bonchev–Trinajstić information content (AvgIpc) is 2.85. The molecule has 2 N–H and O–H groups in total. The lowest BCUT2D eigenvalue weighted by Gasteiger charge is -2.40. The van der Waals surface area contributed by atoms with E-state index in [1.807, 2.05) is 12.1 Å². The highest BCUT2D eigenvalue weighted by Crippen LogP contribution is 2.46. The molecule has 0 bridgehead atoms. The van der Waals surface area contributed by atoms with Crippen LogP contribution in [0.5, 0.6) is 0 Å². The van der Waals surface area contributed by atoms with Crippen LogP contribution in [0.2, 0.25) is 5.02 Å². The van der Waals surface area contributed by atoms with E-state index >= 15 is 0 Å². The van der Waals surface area contributed by atoms with Crippen LogP contribution in [0.25, 0.3) is 5.57 Å². The minimum atomic E-state index is 0.0342. The third-order valence-corrected chi connectivity index (χ3v) is 7.65. The van der Waals surface area contributed by atoms with Crippen molar-refractivity contribution in [3.63, 3.8) is 0 Å². The van der Waals surface area contributed by atoms with Crippen molar-refractivity contribution in [2.75, 3.05) is 19.6 Å². The normalized spacial score (nSPS) is 23.7. The summed E-state index contributed by atoms with van der Waals surface area (Å²) in [5, 5.41) is 0.772. The predicted molar refractivity (Wildman–Crippen MR) is 139 cm³/mol. The molecule has 2 atom stereocenters. The lowest BCUT2D eigenvalue weighted by atomic mass is 9.73. The van der Waals surface area contributed by atoms with Crippen molar-refractivity contribution in [1.29, 1.82) is 0 Å². The highest BCUT2D eigenvalue weighted by Gasteiger charge is 2.35. The molecule has 0 spiro atoms. The second kappa shape index (κ2) is 9.66. The SMILES string of the molecule is C=C1C2=C(C=NC1N1CCC(CCN=CN)CC1)CC(c1ccc(Cl)cc1)c1ccccc12. The number of nitrogens with two attached hydrogens (primary N) is 1. The number of fused-ring (bicyclic) bond motifs is 2. The van der Waals surface area contributed by atoms with E-state index in [-0.39, 0.29) is 6.17 Å². The van der Waals surface area contributed by atoms with Gasteiger partial charge in [-0.15, -0.1) is 0 Å². The van der Waals surface area contributed by atoms with E-state index in [0.717, 1.165) is 49.0 Å². The van der Waals surface area contributed by atoms with Gasteiger partial charge in [0.1, 0.15) is 6.17 Å². The Hall–Kier alpha value is -2.69. The molecule has 2 aromatic rings. The molecular weight excluding hydrogens is 428 g/mol. The Labute approximate surface area is 201 Å². The van der Waals surface area contributed by atoms with Gasteiger partial charge in [0, 0.05) is 36.8 Å². The fourth-order valence-electron chi connectivity index (χ4n) is 5.63. The molecule has 0 aromatic heterocycles. The summed E-state index contributed by atoms with van der Waals surface area (Å²) < 4.78 is 0.